The van der Waals surface area contributed by atoms with Gasteiger partial charge in [-0.25, -0.2) is 0 Å². The number of ether oxygens (including phenoxy) is 1. The molecule has 0 aromatic carbocycles. The van der Waals surface area contributed by atoms with Crippen LogP contribution in [0.3, 0.4) is 0 Å². The minimum atomic E-state index is -0.451. The third-order valence-corrected chi connectivity index (χ3v) is 3.02. The first kappa shape index (κ1) is 12.9. The Bertz CT molecular complexity index is 180. The van der Waals surface area contributed by atoms with Gasteiger partial charge in [0.2, 0.25) is 0 Å². The van der Waals surface area contributed by atoms with Crippen LogP contribution in [-0.4, -0.2) is 48.0 Å². The van der Waals surface area contributed by atoms with E-state index in [0.29, 0.717) is 6.10 Å². The lowest BCUT2D eigenvalue weighted by Gasteiger charge is -2.22. The monoisotopic (exact) mass is 215 g/mol. The summed E-state index contributed by atoms with van der Waals surface area (Å²) in [4.78, 5) is 2.39. The molecule has 0 aromatic heterocycles. The van der Waals surface area contributed by atoms with E-state index in [1.165, 1.54) is 0 Å². The summed E-state index contributed by atoms with van der Waals surface area (Å²) in [7, 11) is 0. The molecule has 3 nitrogen and oxygen atoms in total. The molecular weight excluding hydrogens is 190 g/mol. The predicted molar refractivity (Wildman–Crippen MR) is 62.0 cm³/mol. The summed E-state index contributed by atoms with van der Waals surface area (Å²) in [6, 6.07) is 0. The highest BCUT2D eigenvalue weighted by Gasteiger charge is 2.24. The molecule has 1 unspecified atom stereocenters. The molecule has 1 fully saturated rings. The summed E-state index contributed by atoms with van der Waals surface area (Å²) in [6.07, 6.45) is 3.22. The van der Waals surface area contributed by atoms with E-state index >= 15 is 0 Å². The van der Waals surface area contributed by atoms with Crippen molar-refractivity contribution in [3.63, 3.8) is 0 Å². The number of nitrogens with zero attached hydrogens (tertiary/aromatic N) is 1. The van der Waals surface area contributed by atoms with Crippen molar-refractivity contribution in [2.45, 2.75) is 51.7 Å². The van der Waals surface area contributed by atoms with Gasteiger partial charge in [-0.05, 0) is 46.6 Å². The van der Waals surface area contributed by atoms with Gasteiger partial charge in [0.15, 0.2) is 0 Å². The van der Waals surface area contributed by atoms with Gasteiger partial charge in [0.1, 0.15) is 0 Å². The number of hydrogen-bond acceptors (Lipinski definition) is 3. The number of aliphatic hydroxyl groups is 1. The third-order valence-electron chi connectivity index (χ3n) is 3.02. The van der Waals surface area contributed by atoms with Crippen molar-refractivity contribution in [2.75, 3.05) is 26.2 Å². The fraction of sp³-hybridized carbons (Fsp3) is 1.00. The van der Waals surface area contributed by atoms with Gasteiger partial charge in [0.05, 0.1) is 18.3 Å². The molecule has 1 rings (SSSR count). The quantitative estimate of drug-likeness (QED) is 0.774. The number of hydrogen-bond donors (Lipinski definition) is 1. The van der Waals surface area contributed by atoms with Crippen molar-refractivity contribution >= 4 is 0 Å². The van der Waals surface area contributed by atoms with Crippen LogP contribution in [0.1, 0.15) is 40.0 Å². The van der Waals surface area contributed by atoms with Gasteiger partial charge < -0.3 is 14.7 Å². The molecule has 0 bridgehead atoms. The van der Waals surface area contributed by atoms with Crippen molar-refractivity contribution in [1.82, 2.24) is 4.90 Å². The molecule has 1 aliphatic rings. The van der Waals surface area contributed by atoms with Crippen LogP contribution in [0.4, 0.5) is 0 Å². The Balaban J connectivity index is 2.20. The van der Waals surface area contributed by atoms with Crippen LogP contribution < -0.4 is 0 Å². The Hall–Kier alpha value is -0.120. The minimum Gasteiger partial charge on any atom is -0.390 e. The average molecular weight is 215 g/mol. The highest BCUT2D eigenvalue weighted by molar-refractivity contribution is 4.78. The summed E-state index contributed by atoms with van der Waals surface area (Å²) in [5.41, 5.74) is -0.451. The predicted octanol–water partition coefficient (Wildman–Crippen LogP) is 1.65. The highest BCUT2D eigenvalue weighted by Crippen LogP contribution is 2.20. The largest absolute Gasteiger partial charge is 0.390 e. The van der Waals surface area contributed by atoms with Gasteiger partial charge in [-0.15, -0.1) is 0 Å². The molecule has 15 heavy (non-hydrogen) atoms. The Morgan fingerprint density at radius 2 is 2.07 bits per heavy atom. The molecule has 0 spiro atoms. The number of rotatable bonds is 4. The minimum absolute atomic E-state index is 0.320. The van der Waals surface area contributed by atoms with E-state index in [0.717, 1.165) is 45.5 Å². The van der Waals surface area contributed by atoms with Crippen LogP contribution >= 0.6 is 0 Å². The van der Waals surface area contributed by atoms with Crippen molar-refractivity contribution in [3.8, 4) is 0 Å². The summed E-state index contributed by atoms with van der Waals surface area (Å²) < 4.78 is 5.53. The Kier molecular flexibility index (Phi) is 5.03. The van der Waals surface area contributed by atoms with E-state index in [1.54, 1.807) is 0 Å². The first-order valence-corrected chi connectivity index (χ1v) is 6.06. The molecule has 0 aliphatic carbocycles. The molecule has 0 saturated carbocycles. The molecule has 1 saturated heterocycles. The maximum absolute atomic E-state index is 9.93. The zero-order valence-corrected chi connectivity index (χ0v) is 10.3. The Morgan fingerprint density at radius 3 is 2.73 bits per heavy atom. The summed E-state index contributed by atoms with van der Waals surface area (Å²) in [5.74, 6) is 0. The average Bonchev–Trinajstić information content (AvgIpc) is 2.27. The highest BCUT2D eigenvalue weighted by atomic mass is 16.5. The van der Waals surface area contributed by atoms with Gasteiger partial charge in [-0.2, -0.15) is 0 Å². The van der Waals surface area contributed by atoms with Gasteiger partial charge in [0.25, 0.3) is 0 Å². The van der Waals surface area contributed by atoms with E-state index in [9.17, 15) is 5.11 Å². The molecule has 0 aromatic rings. The first-order valence-electron chi connectivity index (χ1n) is 6.06. The molecule has 1 aliphatic heterocycles. The maximum atomic E-state index is 9.93. The zero-order chi connectivity index (χ0) is 11.3. The second-order valence-electron chi connectivity index (χ2n) is 5.11. The first-order chi connectivity index (χ1) is 6.99. The topological polar surface area (TPSA) is 32.7 Å². The van der Waals surface area contributed by atoms with Gasteiger partial charge in [-0.3, -0.25) is 0 Å². The van der Waals surface area contributed by atoms with Crippen LogP contribution in [0.5, 0.6) is 0 Å². The molecule has 90 valence electrons. The Morgan fingerprint density at radius 1 is 1.33 bits per heavy atom. The normalized spacial score (nSPS) is 29.4. The zero-order valence-electron chi connectivity index (χ0n) is 10.3. The van der Waals surface area contributed by atoms with E-state index in [2.05, 4.69) is 18.7 Å². The molecule has 1 heterocycles. The van der Waals surface area contributed by atoms with Crippen molar-refractivity contribution in [3.05, 3.63) is 0 Å². The van der Waals surface area contributed by atoms with E-state index in [4.69, 9.17) is 4.74 Å². The lowest BCUT2D eigenvalue weighted by molar-refractivity contribution is 0.0389. The van der Waals surface area contributed by atoms with Crippen LogP contribution in [-0.2, 0) is 4.74 Å². The fourth-order valence-electron chi connectivity index (χ4n) is 1.96. The molecule has 0 radical (unpaired) electrons. The Labute approximate surface area is 93.4 Å². The molecular formula is C12H25NO2. The van der Waals surface area contributed by atoms with E-state index < -0.39 is 5.60 Å². The van der Waals surface area contributed by atoms with Crippen molar-refractivity contribution < 1.29 is 9.84 Å². The van der Waals surface area contributed by atoms with Crippen LogP contribution in [0, 0.1) is 0 Å². The molecule has 1 N–H and O–H groups in total. The van der Waals surface area contributed by atoms with Crippen molar-refractivity contribution in [2.24, 2.45) is 0 Å². The van der Waals surface area contributed by atoms with Gasteiger partial charge in [-0.1, -0.05) is 0 Å². The van der Waals surface area contributed by atoms with Crippen LogP contribution in [0.25, 0.3) is 0 Å². The second-order valence-corrected chi connectivity index (χ2v) is 5.11. The SMILES string of the molecule is CC(C)OCCN1CCCC(C)(O)CC1. The summed E-state index contributed by atoms with van der Waals surface area (Å²) in [6.45, 7) is 9.96. The molecule has 1 atom stereocenters. The number of likely N-dealkylation sites (tertiary alicyclic amines) is 1. The molecule has 3 heteroatoms. The van der Waals surface area contributed by atoms with E-state index in [1.807, 2.05) is 6.92 Å². The van der Waals surface area contributed by atoms with Crippen molar-refractivity contribution in [1.29, 1.82) is 0 Å². The van der Waals surface area contributed by atoms with Crippen LogP contribution in [0.2, 0.25) is 0 Å². The fourth-order valence-corrected chi connectivity index (χ4v) is 1.96. The smallest absolute Gasteiger partial charge is 0.0632 e. The van der Waals surface area contributed by atoms with Gasteiger partial charge >= 0.3 is 0 Å². The van der Waals surface area contributed by atoms with Gasteiger partial charge in [0, 0.05) is 13.1 Å². The third kappa shape index (κ3) is 5.50. The standard InChI is InChI=1S/C12H25NO2/c1-11(2)15-10-9-13-7-4-5-12(3,14)6-8-13/h11,14H,4-10H2,1-3H3. The summed E-state index contributed by atoms with van der Waals surface area (Å²) in [5, 5.41) is 9.93. The maximum Gasteiger partial charge on any atom is 0.0632 e. The summed E-state index contributed by atoms with van der Waals surface area (Å²) >= 11 is 0. The lowest BCUT2D eigenvalue weighted by atomic mass is 9.98. The van der Waals surface area contributed by atoms with Crippen LogP contribution in [0.15, 0.2) is 0 Å². The van der Waals surface area contributed by atoms with E-state index in [-0.39, 0.29) is 0 Å². The molecule has 0 amide bonds. The second kappa shape index (κ2) is 5.83. The lowest BCUT2D eigenvalue weighted by Crippen LogP contribution is -2.31.